The zero-order valence-corrected chi connectivity index (χ0v) is 11.5. The van der Waals surface area contributed by atoms with E-state index in [4.69, 9.17) is 4.42 Å². The molecule has 1 atom stereocenters. The molecule has 2 aromatic heterocycles. The van der Waals surface area contributed by atoms with Gasteiger partial charge in [0.1, 0.15) is 5.76 Å². The number of hydrogen-bond donors (Lipinski definition) is 1. The molecule has 0 amide bonds. The van der Waals surface area contributed by atoms with Crippen molar-refractivity contribution in [2.24, 2.45) is 0 Å². The molecule has 0 saturated carbocycles. The van der Waals surface area contributed by atoms with E-state index in [1.807, 2.05) is 30.6 Å². The highest BCUT2D eigenvalue weighted by atomic mass is 16.3. The molecule has 3 heteroatoms. The van der Waals surface area contributed by atoms with E-state index in [1.165, 1.54) is 16.3 Å². The molecule has 0 spiro atoms. The molecule has 0 aliphatic heterocycles. The zero-order chi connectivity index (χ0) is 13.8. The van der Waals surface area contributed by atoms with E-state index in [-0.39, 0.29) is 0 Å². The van der Waals surface area contributed by atoms with E-state index >= 15 is 0 Å². The molecule has 1 aromatic carbocycles. The number of aromatic nitrogens is 1. The quantitative estimate of drug-likeness (QED) is 0.767. The van der Waals surface area contributed by atoms with Gasteiger partial charge >= 0.3 is 0 Å². The lowest BCUT2D eigenvalue weighted by molar-refractivity contribution is 0.456. The van der Waals surface area contributed by atoms with Crippen LogP contribution in [-0.2, 0) is 13.0 Å². The molecule has 0 bridgehead atoms. The molecule has 102 valence electrons. The third-order valence-corrected chi connectivity index (χ3v) is 3.48. The number of fused-ring (bicyclic) bond motifs is 1. The highest BCUT2D eigenvalue weighted by Gasteiger charge is 2.07. The molecule has 2 heterocycles. The second-order valence-corrected chi connectivity index (χ2v) is 5.09. The highest BCUT2D eigenvalue weighted by Crippen LogP contribution is 2.17. The largest absolute Gasteiger partial charge is 0.469 e. The smallest absolute Gasteiger partial charge is 0.105 e. The first-order chi connectivity index (χ1) is 9.83. The Hall–Kier alpha value is -2.13. The van der Waals surface area contributed by atoms with Crippen LogP contribution in [0.25, 0.3) is 10.8 Å². The van der Waals surface area contributed by atoms with Crippen molar-refractivity contribution in [3.63, 3.8) is 0 Å². The lowest BCUT2D eigenvalue weighted by atomic mass is 10.1. The van der Waals surface area contributed by atoms with Gasteiger partial charge in [0, 0.05) is 36.8 Å². The van der Waals surface area contributed by atoms with Gasteiger partial charge in [0.05, 0.1) is 6.26 Å². The molecule has 20 heavy (non-hydrogen) atoms. The second-order valence-electron chi connectivity index (χ2n) is 5.09. The Morgan fingerprint density at radius 3 is 2.90 bits per heavy atom. The van der Waals surface area contributed by atoms with Gasteiger partial charge in [0.15, 0.2) is 0 Å². The van der Waals surface area contributed by atoms with Crippen LogP contribution in [0.2, 0.25) is 0 Å². The number of rotatable bonds is 5. The van der Waals surface area contributed by atoms with Gasteiger partial charge in [-0.25, -0.2) is 0 Å². The summed E-state index contributed by atoms with van der Waals surface area (Å²) in [7, 11) is 0. The van der Waals surface area contributed by atoms with E-state index in [2.05, 4.69) is 35.4 Å². The maximum absolute atomic E-state index is 5.37. The fourth-order valence-electron chi connectivity index (χ4n) is 2.41. The summed E-state index contributed by atoms with van der Waals surface area (Å²) in [6.45, 7) is 2.98. The van der Waals surface area contributed by atoms with Gasteiger partial charge in [-0.05, 0) is 30.0 Å². The van der Waals surface area contributed by atoms with Crippen LogP contribution in [0.3, 0.4) is 0 Å². The normalized spacial score (nSPS) is 12.7. The van der Waals surface area contributed by atoms with Gasteiger partial charge in [0.2, 0.25) is 0 Å². The van der Waals surface area contributed by atoms with Crippen molar-refractivity contribution >= 4 is 10.8 Å². The Kier molecular flexibility index (Phi) is 3.79. The zero-order valence-electron chi connectivity index (χ0n) is 11.5. The van der Waals surface area contributed by atoms with Crippen molar-refractivity contribution in [3.8, 4) is 0 Å². The van der Waals surface area contributed by atoms with Gasteiger partial charge in [-0.15, -0.1) is 0 Å². The van der Waals surface area contributed by atoms with Crippen LogP contribution in [0.5, 0.6) is 0 Å². The Morgan fingerprint density at radius 1 is 1.15 bits per heavy atom. The molecule has 3 rings (SSSR count). The van der Waals surface area contributed by atoms with Crippen LogP contribution in [-0.4, -0.2) is 11.0 Å². The minimum Gasteiger partial charge on any atom is -0.469 e. The van der Waals surface area contributed by atoms with Gasteiger partial charge in [-0.2, -0.15) is 0 Å². The van der Waals surface area contributed by atoms with Gasteiger partial charge in [-0.1, -0.05) is 24.3 Å². The summed E-state index contributed by atoms with van der Waals surface area (Å²) < 4.78 is 5.37. The predicted molar refractivity (Wildman–Crippen MR) is 80.5 cm³/mol. The first-order valence-corrected chi connectivity index (χ1v) is 6.90. The van der Waals surface area contributed by atoms with Crippen LogP contribution < -0.4 is 5.32 Å². The average molecular weight is 266 g/mol. The molecule has 0 aliphatic rings. The molecule has 3 aromatic rings. The monoisotopic (exact) mass is 266 g/mol. The average Bonchev–Trinajstić information content (AvgIpc) is 2.98. The fraction of sp³-hybridized carbons (Fsp3) is 0.235. The van der Waals surface area contributed by atoms with Crippen molar-refractivity contribution in [2.45, 2.75) is 25.9 Å². The minimum atomic E-state index is 0.361. The van der Waals surface area contributed by atoms with Crippen molar-refractivity contribution in [1.29, 1.82) is 0 Å². The maximum Gasteiger partial charge on any atom is 0.105 e. The number of nitrogens with zero attached hydrogens (tertiary/aromatic N) is 1. The van der Waals surface area contributed by atoms with E-state index in [0.29, 0.717) is 6.04 Å². The Bertz CT molecular complexity index is 671. The number of hydrogen-bond acceptors (Lipinski definition) is 3. The molecule has 1 N–H and O–H groups in total. The van der Waals surface area contributed by atoms with Crippen molar-refractivity contribution in [1.82, 2.24) is 10.3 Å². The van der Waals surface area contributed by atoms with E-state index in [1.54, 1.807) is 6.26 Å². The third kappa shape index (κ3) is 2.89. The second kappa shape index (κ2) is 5.88. The predicted octanol–water partition coefficient (Wildman–Crippen LogP) is 3.55. The maximum atomic E-state index is 5.37. The van der Waals surface area contributed by atoms with Gasteiger partial charge in [0.25, 0.3) is 0 Å². The number of nitrogens with one attached hydrogen (secondary N) is 1. The first kappa shape index (κ1) is 12.9. The number of pyridine rings is 1. The van der Waals surface area contributed by atoms with Crippen LogP contribution in [0.15, 0.2) is 59.5 Å². The molecule has 0 radical (unpaired) electrons. The SMILES string of the molecule is CC(Cc1ccco1)NCc1cncc2ccccc12. The van der Waals surface area contributed by atoms with Crippen molar-refractivity contribution in [3.05, 3.63) is 66.4 Å². The summed E-state index contributed by atoms with van der Waals surface area (Å²) in [6, 6.07) is 12.6. The summed E-state index contributed by atoms with van der Waals surface area (Å²) in [4.78, 5) is 4.31. The molecule has 1 unspecified atom stereocenters. The number of benzene rings is 1. The first-order valence-electron chi connectivity index (χ1n) is 6.90. The molecule has 0 aliphatic carbocycles. The third-order valence-electron chi connectivity index (χ3n) is 3.48. The van der Waals surface area contributed by atoms with Crippen molar-refractivity contribution in [2.75, 3.05) is 0 Å². The van der Waals surface area contributed by atoms with Gasteiger partial charge < -0.3 is 9.73 Å². The fourth-order valence-corrected chi connectivity index (χ4v) is 2.41. The molecular weight excluding hydrogens is 248 g/mol. The summed E-state index contributed by atoms with van der Waals surface area (Å²) in [6.07, 6.45) is 6.46. The topological polar surface area (TPSA) is 38.1 Å². The number of furan rings is 1. The minimum absolute atomic E-state index is 0.361. The summed E-state index contributed by atoms with van der Waals surface area (Å²) in [5.74, 6) is 1.01. The van der Waals surface area contributed by atoms with Crippen molar-refractivity contribution < 1.29 is 4.42 Å². The lowest BCUT2D eigenvalue weighted by Crippen LogP contribution is -2.27. The summed E-state index contributed by atoms with van der Waals surface area (Å²) in [5.41, 5.74) is 1.23. The lowest BCUT2D eigenvalue weighted by Gasteiger charge is -2.13. The van der Waals surface area contributed by atoms with Crippen LogP contribution in [0, 0.1) is 0 Å². The standard InChI is InChI=1S/C17H18N2O/c1-13(9-16-6-4-8-20-16)19-12-15-11-18-10-14-5-2-3-7-17(14)15/h2-8,10-11,13,19H,9,12H2,1H3. The van der Waals surface area contributed by atoms with E-state index in [0.717, 1.165) is 18.7 Å². The van der Waals surface area contributed by atoms with Gasteiger partial charge in [-0.3, -0.25) is 4.98 Å². The summed E-state index contributed by atoms with van der Waals surface area (Å²) >= 11 is 0. The Labute approximate surface area is 118 Å². The Morgan fingerprint density at radius 2 is 2.05 bits per heavy atom. The molecule has 0 fully saturated rings. The van der Waals surface area contributed by atoms with Crippen LogP contribution in [0.4, 0.5) is 0 Å². The van der Waals surface area contributed by atoms with Crippen LogP contribution in [0.1, 0.15) is 18.2 Å². The van der Waals surface area contributed by atoms with E-state index in [9.17, 15) is 0 Å². The molecule has 0 saturated heterocycles. The summed E-state index contributed by atoms with van der Waals surface area (Å²) in [5, 5.41) is 5.98. The van der Waals surface area contributed by atoms with Crippen LogP contribution >= 0.6 is 0 Å². The van der Waals surface area contributed by atoms with E-state index < -0.39 is 0 Å². The molecule has 3 nitrogen and oxygen atoms in total. The Balaban J connectivity index is 1.67. The molecular formula is C17H18N2O. The highest BCUT2D eigenvalue weighted by molar-refractivity contribution is 5.84.